The third kappa shape index (κ3) is 5.69. The molecule has 1 aromatic rings. The van der Waals surface area contributed by atoms with E-state index < -0.39 is 8.07 Å². The average Bonchev–Trinajstić information content (AvgIpc) is 2.29. The molecule has 0 aromatic carbocycles. The van der Waals surface area contributed by atoms with Gasteiger partial charge in [-0.15, -0.1) is 0 Å². The van der Waals surface area contributed by atoms with Crippen molar-refractivity contribution in [2.75, 3.05) is 6.23 Å². The molecule has 0 aliphatic carbocycles. The van der Waals surface area contributed by atoms with Crippen LogP contribution in [0.2, 0.25) is 19.1 Å². The fourth-order valence-corrected chi connectivity index (χ4v) is 3.57. The predicted octanol–water partition coefficient (Wildman–Crippen LogP) is 0.737. The van der Waals surface area contributed by atoms with Gasteiger partial charge in [0.1, 0.15) is 0 Å². The zero-order valence-electron chi connectivity index (χ0n) is 11.6. The molecule has 0 atom stereocenters. The highest BCUT2D eigenvalue weighted by Gasteiger charge is 2.22. The van der Waals surface area contributed by atoms with Gasteiger partial charge in [0.15, 0.2) is 0 Å². The number of nitrogens with one attached hydrogen (secondary N) is 1. The molecule has 1 heterocycles. The fraction of sp³-hybridized carbons (Fsp3) is 0.583. The minimum atomic E-state index is -1.58. The summed E-state index contributed by atoms with van der Waals surface area (Å²) in [6.07, 6.45) is 2.83. The van der Waals surface area contributed by atoms with Crippen LogP contribution >= 0.6 is 0 Å². The van der Waals surface area contributed by atoms with Crippen molar-refractivity contribution in [1.82, 2.24) is 9.55 Å². The first-order valence-electron chi connectivity index (χ1n) is 6.23. The summed E-state index contributed by atoms with van der Waals surface area (Å²) in [7, 11) is -1.58. The summed E-state index contributed by atoms with van der Waals surface area (Å²) in [6, 6.07) is 2.29. The van der Waals surface area contributed by atoms with Crippen molar-refractivity contribution in [3.05, 3.63) is 33.1 Å². The number of H-pyrrole nitrogens is 1. The molecule has 0 aliphatic rings. The van der Waals surface area contributed by atoms with Crippen molar-refractivity contribution < 1.29 is 9.53 Å². The third-order valence-electron chi connectivity index (χ3n) is 2.82. The highest BCUT2D eigenvalue weighted by atomic mass is 28.3. The SMILES string of the molecule is CC(=O)OC[Si](C)(C)CCCn1ccc(=O)[nH]c1=O. The summed E-state index contributed by atoms with van der Waals surface area (Å²) >= 11 is 0. The largest absolute Gasteiger partial charge is 0.470 e. The van der Waals surface area contributed by atoms with Crippen molar-refractivity contribution >= 4 is 14.0 Å². The van der Waals surface area contributed by atoms with Crippen molar-refractivity contribution in [2.24, 2.45) is 0 Å². The lowest BCUT2D eigenvalue weighted by molar-refractivity contribution is -0.139. The molecule has 0 aliphatic heterocycles. The van der Waals surface area contributed by atoms with Crippen molar-refractivity contribution in [1.29, 1.82) is 0 Å². The Morgan fingerprint density at radius 1 is 1.42 bits per heavy atom. The van der Waals surface area contributed by atoms with E-state index in [0.717, 1.165) is 12.5 Å². The van der Waals surface area contributed by atoms with E-state index in [1.54, 1.807) is 0 Å². The quantitative estimate of drug-likeness (QED) is 0.617. The molecule has 1 aromatic heterocycles. The summed E-state index contributed by atoms with van der Waals surface area (Å²) in [5.74, 6) is -0.252. The lowest BCUT2D eigenvalue weighted by Gasteiger charge is -2.21. The van der Waals surface area contributed by atoms with Gasteiger partial charge in [-0.1, -0.05) is 19.1 Å². The third-order valence-corrected chi connectivity index (χ3v) is 5.45. The molecule has 0 saturated carbocycles. The first kappa shape index (κ1) is 15.4. The van der Waals surface area contributed by atoms with Crippen LogP contribution in [0, 0.1) is 0 Å². The average molecular weight is 284 g/mol. The molecular weight excluding hydrogens is 264 g/mol. The standard InChI is InChI=1S/C12H20N2O4Si/c1-10(15)18-9-19(2,3)8-4-6-14-7-5-11(16)13-12(14)17/h5,7H,4,6,8-9H2,1-3H3,(H,13,16,17). The lowest BCUT2D eigenvalue weighted by Crippen LogP contribution is -2.34. The Bertz CT molecular complexity index is 547. The van der Waals surface area contributed by atoms with Gasteiger partial charge in [0.2, 0.25) is 0 Å². The Kier molecular flexibility index (Phi) is 5.28. The van der Waals surface area contributed by atoms with Gasteiger partial charge < -0.3 is 9.30 Å². The minimum Gasteiger partial charge on any atom is -0.470 e. The number of aromatic nitrogens is 2. The second-order valence-corrected chi connectivity index (χ2v) is 10.5. The molecule has 1 rings (SSSR count). The van der Waals surface area contributed by atoms with Crippen LogP contribution in [0.3, 0.4) is 0 Å². The van der Waals surface area contributed by atoms with Crippen LogP contribution in [0.4, 0.5) is 0 Å². The Morgan fingerprint density at radius 3 is 2.68 bits per heavy atom. The Hall–Kier alpha value is -1.63. The maximum Gasteiger partial charge on any atom is 0.328 e. The Morgan fingerprint density at radius 2 is 2.11 bits per heavy atom. The molecule has 0 saturated heterocycles. The number of aryl methyl sites for hydroxylation is 1. The maximum atomic E-state index is 11.5. The van der Waals surface area contributed by atoms with E-state index in [1.807, 2.05) is 0 Å². The van der Waals surface area contributed by atoms with Gasteiger partial charge in [-0.25, -0.2) is 4.79 Å². The number of hydrogen-bond donors (Lipinski definition) is 1. The second kappa shape index (κ2) is 6.51. The number of nitrogens with zero attached hydrogens (tertiary/aromatic N) is 1. The van der Waals surface area contributed by atoms with Gasteiger partial charge in [0.25, 0.3) is 5.56 Å². The van der Waals surface area contributed by atoms with Crippen molar-refractivity contribution in [2.45, 2.75) is 39.0 Å². The van der Waals surface area contributed by atoms with Gasteiger partial charge in [-0.3, -0.25) is 14.6 Å². The minimum absolute atomic E-state index is 0.252. The van der Waals surface area contributed by atoms with Crippen LogP contribution in [0.1, 0.15) is 13.3 Å². The number of esters is 1. The first-order chi connectivity index (χ1) is 8.80. The van der Waals surface area contributed by atoms with E-state index >= 15 is 0 Å². The molecule has 0 radical (unpaired) electrons. The van der Waals surface area contributed by atoms with Crippen LogP contribution in [0.15, 0.2) is 21.9 Å². The highest BCUT2D eigenvalue weighted by molar-refractivity contribution is 6.77. The van der Waals surface area contributed by atoms with E-state index in [4.69, 9.17) is 4.74 Å². The van der Waals surface area contributed by atoms with Crippen LogP contribution in [0.25, 0.3) is 0 Å². The summed E-state index contributed by atoms with van der Waals surface area (Å²) in [4.78, 5) is 35.4. The van der Waals surface area contributed by atoms with E-state index in [9.17, 15) is 14.4 Å². The number of carbonyl (C=O) groups excluding carboxylic acids is 1. The molecule has 0 unspecified atom stereocenters. The highest BCUT2D eigenvalue weighted by Crippen LogP contribution is 2.13. The van der Waals surface area contributed by atoms with E-state index in [1.165, 1.54) is 23.8 Å². The molecule has 0 bridgehead atoms. The molecule has 19 heavy (non-hydrogen) atoms. The zero-order valence-corrected chi connectivity index (χ0v) is 12.6. The number of ether oxygens (including phenoxy) is 1. The number of hydrogen-bond acceptors (Lipinski definition) is 4. The van der Waals surface area contributed by atoms with Crippen LogP contribution in [-0.4, -0.2) is 29.8 Å². The lowest BCUT2D eigenvalue weighted by atomic mass is 10.4. The van der Waals surface area contributed by atoms with Crippen LogP contribution in [0.5, 0.6) is 0 Å². The van der Waals surface area contributed by atoms with Gasteiger partial charge in [0.05, 0.1) is 14.3 Å². The summed E-state index contributed by atoms with van der Waals surface area (Å²) < 4.78 is 6.54. The molecule has 7 heteroatoms. The molecule has 6 nitrogen and oxygen atoms in total. The number of carbonyl (C=O) groups is 1. The van der Waals surface area contributed by atoms with Crippen LogP contribution < -0.4 is 11.2 Å². The zero-order chi connectivity index (χ0) is 14.5. The molecule has 0 amide bonds. The first-order valence-corrected chi connectivity index (χ1v) is 9.65. The number of rotatable bonds is 6. The van der Waals surface area contributed by atoms with E-state index in [-0.39, 0.29) is 17.2 Å². The Labute approximate surface area is 112 Å². The van der Waals surface area contributed by atoms with Gasteiger partial charge in [0, 0.05) is 25.7 Å². The van der Waals surface area contributed by atoms with E-state index in [0.29, 0.717) is 12.8 Å². The Balaban J connectivity index is 2.47. The van der Waals surface area contributed by atoms with Crippen molar-refractivity contribution in [3.8, 4) is 0 Å². The van der Waals surface area contributed by atoms with Gasteiger partial charge in [-0.05, 0) is 6.42 Å². The molecule has 1 N–H and O–H groups in total. The summed E-state index contributed by atoms with van der Waals surface area (Å²) in [5, 5.41) is 0. The molecular formula is C12H20N2O4Si. The normalized spacial score (nSPS) is 11.3. The molecule has 0 fully saturated rings. The topological polar surface area (TPSA) is 81.2 Å². The smallest absolute Gasteiger partial charge is 0.328 e. The van der Waals surface area contributed by atoms with Gasteiger partial charge >= 0.3 is 11.7 Å². The predicted molar refractivity (Wildman–Crippen MR) is 74.9 cm³/mol. The van der Waals surface area contributed by atoms with Gasteiger partial charge in [-0.2, -0.15) is 0 Å². The number of aromatic amines is 1. The van der Waals surface area contributed by atoms with E-state index in [2.05, 4.69) is 18.1 Å². The molecule has 106 valence electrons. The van der Waals surface area contributed by atoms with Crippen molar-refractivity contribution in [3.63, 3.8) is 0 Å². The maximum absolute atomic E-state index is 11.5. The summed E-state index contributed by atoms with van der Waals surface area (Å²) in [5.41, 5.74) is -0.766. The van der Waals surface area contributed by atoms with Crippen LogP contribution in [-0.2, 0) is 16.1 Å². The molecule has 0 spiro atoms. The monoisotopic (exact) mass is 284 g/mol. The fourth-order valence-electron chi connectivity index (χ4n) is 1.72. The summed E-state index contributed by atoms with van der Waals surface area (Å²) in [6.45, 7) is 6.26. The second-order valence-electron chi connectivity index (χ2n) is 5.35.